The molecule has 1 saturated heterocycles. The molecule has 3 aromatic carbocycles. The van der Waals surface area contributed by atoms with Gasteiger partial charge in [-0.2, -0.15) is 5.01 Å². The Morgan fingerprint density at radius 2 is 1.56 bits per heavy atom. The summed E-state index contributed by atoms with van der Waals surface area (Å²) in [6.45, 7) is 3.92. The first-order chi connectivity index (χ1) is 17.4. The van der Waals surface area contributed by atoms with E-state index in [0.29, 0.717) is 39.4 Å². The van der Waals surface area contributed by atoms with Crippen molar-refractivity contribution in [1.82, 2.24) is 25.3 Å². The van der Waals surface area contributed by atoms with Crippen LogP contribution < -0.4 is 16.3 Å². The minimum Gasteiger partial charge on any atom is -0.314 e. The van der Waals surface area contributed by atoms with E-state index in [1.807, 2.05) is 19.1 Å². The van der Waals surface area contributed by atoms with Gasteiger partial charge in [-0.3, -0.25) is 19.8 Å². The van der Waals surface area contributed by atoms with Gasteiger partial charge in [0.05, 0.1) is 11.0 Å². The van der Waals surface area contributed by atoms with E-state index in [2.05, 4.69) is 15.7 Å². The summed E-state index contributed by atoms with van der Waals surface area (Å²) in [5.41, 5.74) is 3.43. The zero-order valence-corrected chi connectivity index (χ0v) is 19.7. The number of nitrogens with one attached hydrogen (secondary N) is 2. The second kappa shape index (κ2) is 8.77. The lowest BCUT2D eigenvalue weighted by molar-refractivity contribution is -0.131. The number of urea groups is 1. The van der Waals surface area contributed by atoms with Crippen LogP contribution >= 0.6 is 0 Å². The molecule has 36 heavy (non-hydrogen) atoms. The number of carbonyl (C=O) groups is 3. The summed E-state index contributed by atoms with van der Waals surface area (Å²) < 4.78 is 1.57. The molecular formula is C27H23N5O4. The Morgan fingerprint density at radius 1 is 0.944 bits per heavy atom. The van der Waals surface area contributed by atoms with Crippen LogP contribution in [-0.4, -0.2) is 32.4 Å². The fourth-order valence-corrected chi connectivity index (χ4v) is 4.56. The highest BCUT2D eigenvalue weighted by atomic mass is 16.2. The number of amides is 4. The summed E-state index contributed by atoms with van der Waals surface area (Å²) in [5.74, 6) is -1.29. The van der Waals surface area contributed by atoms with Crippen molar-refractivity contribution < 1.29 is 14.4 Å². The number of fused-ring (bicyclic) bond motifs is 1. The van der Waals surface area contributed by atoms with E-state index in [1.165, 1.54) is 12.1 Å². The third kappa shape index (κ3) is 3.52. The van der Waals surface area contributed by atoms with Crippen LogP contribution in [0.3, 0.4) is 0 Å². The molecule has 180 valence electrons. The summed E-state index contributed by atoms with van der Waals surface area (Å²) in [6.07, 6.45) is 0. The van der Waals surface area contributed by atoms with Gasteiger partial charge in [0.1, 0.15) is 5.69 Å². The smallest absolute Gasteiger partial charge is 0.314 e. The molecule has 2 heterocycles. The number of benzene rings is 3. The number of imide groups is 1. The van der Waals surface area contributed by atoms with E-state index in [1.54, 1.807) is 66.1 Å². The predicted molar refractivity (Wildman–Crippen MR) is 133 cm³/mol. The lowest BCUT2D eigenvalue weighted by Gasteiger charge is -2.27. The SMILES string of the molecule is CCn1c(=O)c(C)nc2cc(C(=O)NN3C(=O)NC(c4ccccc4)(c4ccccc4)C3=O)ccc21. The van der Waals surface area contributed by atoms with Gasteiger partial charge in [-0.1, -0.05) is 60.7 Å². The van der Waals surface area contributed by atoms with Gasteiger partial charge in [0.2, 0.25) is 0 Å². The molecule has 4 aromatic rings. The largest absolute Gasteiger partial charge is 0.344 e. The summed E-state index contributed by atoms with van der Waals surface area (Å²) >= 11 is 0. The molecule has 0 aliphatic carbocycles. The van der Waals surface area contributed by atoms with Crippen LogP contribution in [0.1, 0.15) is 34.1 Å². The number of hydrogen-bond acceptors (Lipinski definition) is 5. The van der Waals surface area contributed by atoms with Crippen LogP contribution in [0.25, 0.3) is 11.0 Å². The highest BCUT2D eigenvalue weighted by molar-refractivity contribution is 6.11. The molecule has 5 rings (SSSR count). The number of carbonyl (C=O) groups excluding carboxylic acids is 3. The van der Waals surface area contributed by atoms with Crippen LogP contribution in [0.2, 0.25) is 0 Å². The van der Waals surface area contributed by atoms with Crippen molar-refractivity contribution >= 4 is 28.9 Å². The normalized spacial score (nSPS) is 14.7. The molecule has 0 atom stereocenters. The van der Waals surface area contributed by atoms with Crippen molar-refractivity contribution in [2.75, 3.05) is 0 Å². The standard InChI is InChI=1S/C27H23N5O4/c1-3-31-22-15-14-18(16-21(22)28-17(2)24(31)34)23(33)30-32-25(35)27(29-26(32)36,19-10-6-4-7-11-19)20-12-8-5-9-13-20/h4-16H,3H2,1-2H3,(H,29,36)(H,30,33). The van der Waals surface area contributed by atoms with Crippen molar-refractivity contribution in [3.05, 3.63) is 112 Å². The molecule has 0 bridgehead atoms. The van der Waals surface area contributed by atoms with Crippen molar-refractivity contribution in [1.29, 1.82) is 0 Å². The van der Waals surface area contributed by atoms with Gasteiger partial charge >= 0.3 is 6.03 Å². The van der Waals surface area contributed by atoms with Gasteiger partial charge in [0.15, 0.2) is 5.54 Å². The van der Waals surface area contributed by atoms with Crippen LogP contribution in [0.15, 0.2) is 83.7 Å². The van der Waals surface area contributed by atoms with Crippen LogP contribution in [-0.2, 0) is 16.9 Å². The van der Waals surface area contributed by atoms with Gasteiger partial charge in [-0.15, -0.1) is 0 Å². The molecule has 4 amide bonds. The lowest BCUT2D eigenvalue weighted by Crippen LogP contribution is -2.49. The summed E-state index contributed by atoms with van der Waals surface area (Å²) in [4.78, 5) is 56.6. The third-order valence-electron chi connectivity index (χ3n) is 6.34. The Balaban J connectivity index is 1.51. The first kappa shape index (κ1) is 23.0. The van der Waals surface area contributed by atoms with E-state index in [0.717, 1.165) is 0 Å². The van der Waals surface area contributed by atoms with E-state index >= 15 is 0 Å². The Morgan fingerprint density at radius 3 is 2.14 bits per heavy atom. The molecule has 9 nitrogen and oxygen atoms in total. The highest BCUT2D eigenvalue weighted by Crippen LogP contribution is 2.35. The maximum absolute atomic E-state index is 13.8. The number of aryl methyl sites for hydroxylation is 2. The van der Waals surface area contributed by atoms with Crippen LogP contribution in [0.5, 0.6) is 0 Å². The average Bonchev–Trinajstić information content (AvgIpc) is 3.16. The second-order valence-electron chi connectivity index (χ2n) is 8.44. The van der Waals surface area contributed by atoms with E-state index in [4.69, 9.17) is 0 Å². The Kier molecular flexibility index (Phi) is 5.60. The maximum atomic E-state index is 13.8. The van der Waals surface area contributed by atoms with Crippen molar-refractivity contribution in [3.63, 3.8) is 0 Å². The maximum Gasteiger partial charge on any atom is 0.344 e. The fraction of sp³-hybridized carbons (Fsp3) is 0.148. The van der Waals surface area contributed by atoms with Crippen molar-refractivity contribution in [2.45, 2.75) is 25.9 Å². The second-order valence-corrected chi connectivity index (χ2v) is 8.44. The summed E-state index contributed by atoms with van der Waals surface area (Å²) in [7, 11) is 0. The van der Waals surface area contributed by atoms with Gasteiger partial charge < -0.3 is 9.88 Å². The van der Waals surface area contributed by atoms with E-state index < -0.39 is 23.4 Å². The van der Waals surface area contributed by atoms with Gasteiger partial charge in [-0.05, 0) is 43.2 Å². The number of rotatable bonds is 5. The van der Waals surface area contributed by atoms with Crippen LogP contribution in [0.4, 0.5) is 4.79 Å². The molecular weight excluding hydrogens is 458 g/mol. The van der Waals surface area contributed by atoms with Crippen molar-refractivity contribution in [3.8, 4) is 0 Å². The van der Waals surface area contributed by atoms with Gasteiger partial charge in [-0.25, -0.2) is 9.78 Å². The number of nitrogens with zero attached hydrogens (tertiary/aromatic N) is 3. The average molecular weight is 482 g/mol. The van der Waals surface area contributed by atoms with E-state index in [-0.39, 0.29) is 11.1 Å². The van der Waals surface area contributed by atoms with Crippen LogP contribution in [0, 0.1) is 6.92 Å². The molecule has 0 radical (unpaired) electrons. The monoisotopic (exact) mass is 481 g/mol. The molecule has 0 saturated carbocycles. The quantitative estimate of drug-likeness (QED) is 0.426. The summed E-state index contributed by atoms with van der Waals surface area (Å²) in [5, 5.41) is 3.49. The zero-order chi connectivity index (χ0) is 25.4. The molecule has 1 aliphatic rings. The molecule has 1 aliphatic heterocycles. The zero-order valence-electron chi connectivity index (χ0n) is 19.7. The van der Waals surface area contributed by atoms with Crippen molar-refractivity contribution in [2.24, 2.45) is 0 Å². The van der Waals surface area contributed by atoms with Gasteiger partial charge in [0.25, 0.3) is 17.4 Å². The predicted octanol–water partition coefficient (Wildman–Crippen LogP) is 2.87. The molecule has 0 spiro atoms. The highest BCUT2D eigenvalue weighted by Gasteiger charge is 2.54. The Bertz CT molecular complexity index is 1520. The number of hydrazine groups is 1. The molecule has 2 N–H and O–H groups in total. The van der Waals surface area contributed by atoms with Gasteiger partial charge in [0, 0.05) is 12.1 Å². The third-order valence-corrected chi connectivity index (χ3v) is 6.34. The molecule has 9 heteroatoms. The molecule has 1 fully saturated rings. The topological polar surface area (TPSA) is 113 Å². The number of hydrogen-bond donors (Lipinski definition) is 2. The fourth-order valence-electron chi connectivity index (χ4n) is 4.56. The minimum atomic E-state index is -1.49. The lowest BCUT2D eigenvalue weighted by atomic mass is 9.83. The Labute approximate surface area is 206 Å². The minimum absolute atomic E-state index is 0.188. The first-order valence-corrected chi connectivity index (χ1v) is 11.5. The summed E-state index contributed by atoms with van der Waals surface area (Å²) in [6, 6.07) is 21.7. The van der Waals surface area contributed by atoms with E-state index in [9.17, 15) is 19.2 Å². The first-order valence-electron chi connectivity index (χ1n) is 11.5. The Hall–Kier alpha value is -4.79. The molecule has 1 aromatic heterocycles. The molecule has 0 unspecified atom stereocenters. The number of aromatic nitrogens is 2.